The van der Waals surface area contributed by atoms with Crippen molar-refractivity contribution in [2.75, 3.05) is 46.3 Å². The van der Waals surface area contributed by atoms with Gasteiger partial charge in [-0.2, -0.15) is 0 Å². The topological polar surface area (TPSA) is 81.3 Å². The first-order valence-electron chi connectivity index (χ1n) is 11.7. The summed E-state index contributed by atoms with van der Waals surface area (Å²) >= 11 is 2.97. The van der Waals surface area contributed by atoms with Gasteiger partial charge in [0.25, 0.3) is 11.5 Å². The maximum absolute atomic E-state index is 12.8. The number of rotatable bonds is 8. The van der Waals surface area contributed by atoms with Crippen LogP contribution < -0.4 is 10.9 Å². The lowest BCUT2D eigenvalue weighted by atomic mass is 10.2. The summed E-state index contributed by atoms with van der Waals surface area (Å²) < 4.78 is 0. The molecule has 9 heteroatoms. The van der Waals surface area contributed by atoms with Gasteiger partial charge >= 0.3 is 0 Å². The van der Waals surface area contributed by atoms with Crippen LogP contribution in [0.1, 0.15) is 38.6 Å². The molecule has 7 nitrogen and oxygen atoms in total. The van der Waals surface area contributed by atoms with Crippen molar-refractivity contribution in [1.29, 1.82) is 0 Å². The molecule has 0 atom stereocenters. The van der Waals surface area contributed by atoms with E-state index in [-0.39, 0.29) is 11.5 Å². The van der Waals surface area contributed by atoms with Crippen LogP contribution in [0.5, 0.6) is 0 Å². The van der Waals surface area contributed by atoms with E-state index in [0.29, 0.717) is 38.8 Å². The number of amides is 1. The normalized spacial score (nSPS) is 15.2. The van der Waals surface area contributed by atoms with Crippen LogP contribution in [0.3, 0.4) is 0 Å². The summed E-state index contributed by atoms with van der Waals surface area (Å²) in [4.78, 5) is 40.4. The lowest BCUT2D eigenvalue weighted by Crippen LogP contribution is -2.45. The lowest BCUT2D eigenvalue weighted by Gasteiger charge is -2.32. The number of aromatic nitrogens is 2. The Morgan fingerprint density at radius 2 is 1.97 bits per heavy atom. The third kappa shape index (κ3) is 5.89. The number of thioether (sulfide) groups is 1. The highest BCUT2D eigenvalue weighted by Gasteiger charge is 2.20. The quantitative estimate of drug-likeness (QED) is 0.364. The number of aromatic amines is 1. The zero-order valence-electron chi connectivity index (χ0n) is 20.4. The highest BCUT2D eigenvalue weighted by molar-refractivity contribution is 7.98. The molecule has 1 aromatic carbocycles. The van der Waals surface area contributed by atoms with E-state index in [1.165, 1.54) is 27.4 Å². The number of thiophene rings is 1. The molecule has 0 saturated carbocycles. The van der Waals surface area contributed by atoms with E-state index in [0.717, 1.165) is 39.1 Å². The summed E-state index contributed by atoms with van der Waals surface area (Å²) in [6.45, 7) is 12.0. The van der Waals surface area contributed by atoms with Crippen LogP contribution >= 0.6 is 23.1 Å². The first-order valence-corrected chi connectivity index (χ1v) is 13.5. The van der Waals surface area contributed by atoms with Gasteiger partial charge in [0.15, 0.2) is 0 Å². The third-order valence-corrected chi connectivity index (χ3v) is 8.65. The Kier molecular flexibility index (Phi) is 8.08. The highest BCUT2D eigenvalue weighted by Crippen LogP contribution is 2.29. The molecule has 0 unspecified atom stereocenters. The number of fused-ring (bicyclic) bond motifs is 1. The molecule has 182 valence electrons. The Labute approximate surface area is 209 Å². The SMILES string of the molecule is Cc1ccc(C)c(SCc2nc3sc(C(=O)NCCCN4CCN(C)CC4)c(C)c3c(=O)[nH]2)c1. The van der Waals surface area contributed by atoms with E-state index in [1.807, 2.05) is 6.92 Å². The largest absolute Gasteiger partial charge is 0.351 e. The number of carbonyl (C=O) groups excluding carboxylic acids is 1. The van der Waals surface area contributed by atoms with Crippen LogP contribution in [0.25, 0.3) is 10.2 Å². The zero-order valence-corrected chi connectivity index (χ0v) is 22.0. The number of nitrogens with zero attached hydrogens (tertiary/aromatic N) is 3. The van der Waals surface area contributed by atoms with Crippen LogP contribution in [-0.2, 0) is 5.75 Å². The number of H-pyrrole nitrogens is 1. The van der Waals surface area contributed by atoms with E-state index in [1.54, 1.807) is 11.8 Å². The molecule has 0 spiro atoms. The van der Waals surface area contributed by atoms with E-state index >= 15 is 0 Å². The molecule has 1 fully saturated rings. The van der Waals surface area contributed by atoms with Gasteiger partial charge in [-0.25, -0.2) is 4.98 Å². The molecule has 0 radical (unpaired) electrons. The number of benzene rings is 1. The van der Waals surface area contributed by atoms with Gasteiger partial charge in [-0.15, -0.1) is 23.1 Å². The van der Waals surface area contributed by atoms with E-state index in [2.05, 4.69) is 64.2 Å². The van der Waals surface area contributed by atoms with Crippen molar-refractivity contribution in [3.05, 3.63) is 55.9 Å². The van der Waals surface area contributed by atoms with Gasteiger partial charge in [-0.1, -0.05) is 17.7 Å². The van der Waals surface area contributed by atoms with Gasteiger partial charge in [0, 0.05) is 37.6 Å². The molecule has 1 amide bonds. The zero-order chi connectivity index (χ0) is 24.2. The fourth-order valence-corrected chi connectivity index (χ4v) is 6.25. The summed E-state index contributed by atoms with van der Waals surface area (Å²) in [7, 11) is 2.15. The van der Waals surface area contributed by atoms with Crippen molar-refractivity contribution in [2.24, 2.45) is 0 Å². The summed E-state index contributed by atoms with van der Waals surface area (Å²) in [5.41, 5.74) is 2.94. The summed E-state index contributed by atoms with van der Waals surface area (Å²) in [6, 6.07) is 6.35. The van der Waals surface area contributed by atoms with Gasteiger partial charge in [-0.3, -0.25) is 9.59 Å². The van der Waals surface area contributed by atoms with Crippen molar-refractivity contribution in [3.8, 4) is 0 Å². The minimum Gasteiger partial charge on any atom is -0.351 e. The third-order valence-electron chi connectivity index (χ3n) is 6.30. The van der Waals surface area contributed by atoms with Crippen LogP contribution in [0.2, 0.25) is 0 Å². The second-order valence-electron chi connectivity index (χ2n) is 9.06. The summed E-state index contributed by atoms with van der Waals surface area (Å²) in [6.07, 6.45) is 0.915. The number of likely N-dealkylation sites (N-methyl/N-ethyl adjacent to an activating group) is 1. The van der Waals surface area contributed by atoms with Crippen molar-refractivity contribution in [1.82, 2.24) is 25.1 Å². The highest BCUT2D eigenvalue weighted by atomic mass is 32.2. The van der Waals surface area contributed by atoms with Crippen molar-refractivity contribution < 1.29 is 4.79 Å². The molecular formula is C25H33N5O2S2. The first kappa shape index (κ1) is 24.9. The number of nitrogens with one attached hydrogen (secondary N) is 2. The smallest absolute Gasteiger partial charge is 0.261 e. The van der Waals surface area contributed by atoms with E-state index < -0.39 is 0 Å². The van der Waals surface area contributed by atoms with Crippen LogP contribution in [0, 0.1) is 20.8 Å². The average Bonchev–Trinajstić information content (AvgIpc) is 3.15. The monoisotopic (exact) mass is 499 g/mol. The molecule has 0 aliphatic carbocycles. The maximum atomic E-state index is 12.8. The Bertz CT molecular complexity index is 1230. The number of hydrogen-bond acceptors (Lipinski definition) is 7. The average molecular weight is 500 g/mol. The van der Waals surface area contributed by atoms with Gasteiger partial charge < -0.3 is 20.1 Å². The Morgan fingerprint density at radius 3 is 2.74 bits per heavy atom. The molecule has 1 aliphatic rings. The van der Waals surface area contributed by atoms with Crippen molar-refractivity contribution >= 4 is 39.2 Å². The van der Waals surface area contributed by atoms with Gasteiger partial charge in [-0.05, 0) is 58.0 Å². The fraction of sp³-hybridized carbons (Fsp3) is 0.480. The molecule has 3 heterocycles. The molecule has 2 aromatic heterocycles. The number of piperazine rings is 1. The van der Waals surface area contributed by atoms with Crippen molar-refractivity contribution in [2.45, 2.75) is 37.8 Å². The first-order chi connectivity index (χ1) is 16.3. The molecule has 2 N–H and O–H groups in total. The van der Waals surface area contributed by atoms with Crippen LogP contribution in [0.4, 0.5) is 0 Å². The molecule has 0 bridgehead atoms. The lowest BCUT2D eigenvalue weighted by molar-refractivity contribution is 0.0953. The second-order valence-corrected chi connectivity index (χ2v) is 11.1. The maximum Gasteiger partial charge on any atom is 0.261 e. The molecule has 34 heavy (non-hydrogen) atoms. The van der Waals surface area contributed by atoms with Gasteiger partial charge in [0.1, 0.15) is 10.7 Å². The summed E-state index contributed by atoms with van der Waals surface area (Å²) in [5.74, 6) is 1.08. The predicted molar refractivity (Wildman–Crippen MR) is 141 cm³/mol. The van der Waals surface area contributed by atoms with Crippen LogP contribution in [0.15, 0.2) is 27.9 Å². The van der Waals surface area contributed by atoms with Crippen molar-refractivity contribution in [3.63, 3.8) is 0 Å². The van der Waals surface area contributed by atoms with Gasteiger partial charge in [0.05, 0.1) is 16.0 Å². The number of aryl methyl sites for hydroxylation is 3. The standard InChI is InChI=1S/C25H33N5O2S2/c1-16-6-7-17(2)19(14-16)33-15-20-27-23(31)21-18(3)22(34-25(21)28-20)24(32)26-8-5-9-30-12-10-29(4)11-13-30/h6-7,14H,5,8-13,15H2,1-4H3,(H,26,32)(H,27,28,31). The number of carbonyl (C=O) groups is 1. The number of hydrogen-bond donors (Lipinski definition) is 2. The minimum atomic E-state index is -0.176. The predicted octanol–water partition coefficient (Wildman–Crippen LogP) is 3.57. The molecule has 1 aliphatic heterocycles. The molecule has 1 saturated heterocycles. The Hall–Kier alpha value is -2.20. The van der Waals surface area contributed by atoms with E-state index in [9.17, 15) is 9.59 Å². The molecular weight excluding hydrogens is 466 g/mol. The molecule has 4 rings (SSSR count). The Balaban J connectivity index is 1.39. The molecule has 3 aromatic rings. The van der Waals surface area contributed by atoms with Gasteiger partial charge in [0.2, 0.25) is 0 Å². The van der Waals surface area contributed by atoms with Crippen LogP contribution in [-0.4, -0.2) is 72.0 Å². The fourth-order valence-electron chi connectivity index (χ4n) is 4.14. The Morgan fingerprint density at radius 1 is 1.21 bits per heavy atom. The summed E-state index contributed by atoms with van der Waals surface area (Å²) in [5, 5.41) is 3.55. The second kappa shape index (κ2) is 11.0. The van der Waals surface area contributed by atoms with E-state index in [4.69, 9.17) is 0 Å². The minimum absolute atomic E-state index is 0.121.